The van der Waals surface area contributed by atoms with Crippen LogP contribution in [0.25, 0.3) is 0 Å². The molecule has 0 aromatic rings. The fourth-order valence-electron chi connectivity index (χ4n) is 3.24. The Morgan fingerprint density at radius 1 is 1.17 bits per heavy atom. The quantitative estimate of drug-likeness (QED) is 0.811. The number of nitrogens with one attached hydrogen (secondary N) is 1. The van der Waals surface area contributed by atoms with Gasteiger partial charge in [0.1, 0.15) is 0 Å². The summed E-state index contributed by atoms with van der Waals surface area (Å²) in [6, 6.07) is 1.39. The number of likely N-dealkylation sites (tertiary alicyclic amines) is 1. The number of hydrogen-bond donors (Lipinski definition) is 1. The first-order valence-electron chi connectivity index (χ1n) is 7.82. The summed E-state index contributed by atoms with van der Waals surface area (Å²) in [4.78, 5) is 14.1. The lowest BCUT2D eigenvalue weighted by molar-refractivity contribution is -0.133. The lowest BCUT2D eigenvalue weighted by Gasteiger charge is -2.34. The van der Waals surface area contributed by atoms with E-state index in [0.29, 0.717) is 17.9 Å². The van der Waals surface area contributed by atoms with E-state index < -0.39 is 0 Å². The highest BCUT2D eigenvalue weighted by atomic mass is 16.2. The zero-order chi connectivity index (χ0) is 12.5. The molecule has 2 saturated carbocycles. The third-order valence-corrected chi connectivity index (χ3v) is 4.81. The molecule has 0 spiro atoms. The van der Waals surface area contributed by atoms with E-state index in [9.17, 15) is 4.79 Å². The Bertz CT molecular complexity index is 302. The van der Waals surface area contributed by atoms with Gasteiger partial charge in [-0.1, -0.05) is 6.92 Å². The standard InChI is InChI=1S/C15H26N2O/c1-2-14(11-3-4-11)16-13-7-9-17(10-8-13)15(18)12-5-6-12/h11-14,16H,2-10H2,1H3. The third-order valence-electron chi connectivity index (χ3n) is 4.81. The maximum Gasteiger partial charge on any atom is 0.225 e. The Labute approximate surface area is 110 Å². The minimum Gasteiger partial charge on any atom is -0.342 e. The SMILES string of the molecule is CCC(NC1CCN(C(=O)C2CC2)CC1)C1CC1. The second-order valence-corrected chi connectivity index (χ2v) is 6.39. The molecule has 1 N–H and O–H groups in total. The molecule has 1 amide bonds. The number of piperidine rings is 1. The first-order chi connectivity index (χ1) is 8.78. The van der Waals surface area contributed by atoms with E-state index in [-0.39, 0.29) is 0 Å². The van der Waals surface area contributed by atoms with Crippen molar-refractivity contribution in [3.63, 3.8) is 0 Å². The van der Waals surface area contributed by atoms with E-state index in [0.717, 1.165) is 50.7 Å². The van der Waals surface area contributed by atoms with Crippen LogP contribution in [-0.4, -0.2) is 36.0 Å². The molecule has 0 bridgehead atoms. The number of rotatable bonds is 5. The first kappa shape index (κ1) is 12.5. The van der Waals surface area contributed by atoms with Gasteiger partial charge in [-0.25, -0.2) is 0 Å². The topological polar surface area (TPSA) is 32.3 Å². The molecule has 1 heterocycles. The molecule has 3 fully saturated rings. The molecule has 3 heteroatoms. The molecule has 1 atom stereocenters. The highest BCUT2D eigenvalue weighted by Gasteiger charge is 2.36. The summed E-state index contributed by atoms with van der Waals surface area (Å²) in [6.07, 6.45) is 8.68. The Balaban J connectivity index is 1.43. The average Bonchev–Trinajstić information content (AvgIpc) is 3.28. The second kappa shape index (κ2) is 5.20. The summed E-state index contributed by atoms with van der Waals surface area (Å²) in [5.41, 5.74) is 0. The van der Waals surface area contributed by atoms with Crippen molar-refractivity contribution in [3.05, 3.63) is 0 Å². The summed E-state index contributed by atoms with van der Waals surface area (Å²) in [5, 5.41) is 3.83. The van der Waals surface area contributed by atoms with Gasteiger partial charge in [0.2, 0.25) is 5.91 Å². The van der Waals surface area contributed by atoms with E-state index in [1.165, 1.54) is 19.3 Å². The van der Waals surface area contributed by atoms with E-state index in [2.05, 4.69) is 17.1 Å². The van der Waals surface area contributed by atoms with Gasteiger partial charge in [-0.15, -0.1) is 0 Å². The van der Waals surface area contributed by atoms with E-state index >= 15 is 0 Å². The van der Waals surface area contributed by atoms with Crippen LogP contribution < -0.4 is 5.32 Å². The van der Waals surface area contributed by atoms with E-state index in [4.69, 9.17) is 0 Å². The Hall–Kier alpha value is -0.570. The second-order valence-electron chi connectivity index (χ2n) is 6.39. The van der Waals surface area contributed by atoms with Crippen LogP contribution in [0.3, 0.4) is 0 Å². The Morgan fingerprint density at radius 3 is 2.33 bits per heavy atom. The molecule has 0 aromatic heterocycles. The highest BCUT2D eigenvalue weighted by Crippen LogP contribution is 2.35. The Kier molecular flexibility index (Phi) is 3.60. The van der Waals surface area contributed by atoms with Crippen LogP contribution in [0.2, 0.25) is 0 Å². The monoisotopic (exact) mass is 250 g/mol. The van der Waals surface area contributed by atoms with Gasteiger partial charge >= 0.3 is 0 Å². The van der Waals surface area contributed by atoms with Gasteiger partial charge in [-0.05, 0) is 50.9 Å². The van der Waals surface area contributed by atoms with Crippen molar-refractivity contribution in [2.45, 2.75) is 64.0 Å². The van der Waals surface area contributed by atoms with Gasteiger partial charge in [-0.2, -0.15) is 0 Å². The summed E-state index contributed by atoms with van der Waals surface area (Å²) in [6.45, 7) is 4.25. The molecular weight excluding hydrogens is 224 g/mol. The molecule has 1 aliphatic heterocycles. The van der Waals surface area contributed by atoms with Crippen molar-refractivity contribution in [3.8, 4) is 0 Å². The number of carbonyl (C=O) groups excluding carboxylic acids is 1. The zero-order valence-corrected chi connectivity index (χ0v) is 11.5. The predicted molar refractivity (Wildman–Crippen MR) is 72.3 cm³/mol. The average molecular weight is 250 g/mol. The van der Waals surface area contributed by atoms with Crippen LogP contribution in [0, 0.1) is 11.8 Å². The molecule has 1 unspecified atom stereocenters. The molecule has 3 nitrogen and oxygen atoms in total. The molecule has 2 aliphatic carbocycles. The van der Waals surface area contributed by atoms with Crippen LogP contribution >= 0.6 is 0 Å². The molecule has 18 heavy (non-hydrogen) atoms. The van der Waals surface area contributed by atoms with Crippen molar-refractivity contribution < 1.29 is 4.79 Å². The minimum atomic E-state index is 0.393. The molecule has 3 aliphatic rings. The number of nitrogens with zero attached hydrogens (tertiary/aromatic N) is 1. The lowest BCUT2D eigenvalue weighted by Crippen LogP contribution is -2.48. The van der Waals surface area contributed by atoms with Gasteiger partial charge < -0.3 is 10.2 Å². The smallest absolute Gasteiger partial charge is 0.225 e. The molecule has 3 rings (SSSR count). The van der Waals surface area contributed by atoms with Crippen LogP contribution in [0.4, 0.5) is 0 Å². The van der Waals surface area contributed by atoms with Gasteiger partial charge in [0.25, 0.3) is 0 Å². The van der Waals surface area contributed by atoms with Gasteiger partial charge in [0.05, 0.1) is 0 Å². The van der Waals surface area contributed by atoms with Crippen LogP contribution in [0.5, 0.6) is 0 Å². The van der Waals surface area contributed by atoms with Gasteiger partial charge in [-0.3, -0.25) is 4.79 Å². The molecular formula is C15H26N2O. The molecule has 0 radical (unpaired) electrons. The van der Waals surface area contributed by atoms with E-state index in [1.807, 2.05) is 0 Å². The minimum absolute atomic E-state index is 0.393. The van der Waals surface area contributed by atoms with Crippen molar-refractivity contribution in [1.82, 2.24) is 10.2 Å². The number of amides is 1. The predicted octanol–water partition coefficient (Wildman–Crippen LogP) is 2.17. The summed E-state index contributed by atoms with van der Waals surface area (Å²) in [7, 11) is 0. The van der Waals surface area contributed by atoms with Crippen LogP contribution in [0.15, 0.2) is 0 Å². The largest absolute Gasteiger partial charge is 0.342 e. The fraction of sp³-hybridized carbons (Fsp3) is 0.933. The van der Waals surface area contributed by atoms with Crippen molar-refractivity contribution >= 4 is 5.91 Å². The lowest BCUT2D eigenvalue weighted by atomic mass is 10.0. The summed E-state index contributed by atoms with van der Waals surface area (Å²) in [5.74, 6) is 1.77. The fourth-order valence-corrected chi connectivity index (χ4v) is 3.24. The zero-order valence-electron chi connectivity index (χ0n) is 11.5. The van der Waals surface area contributed by atoms with Crippen molar-refractivity contribution in [1.29, 1.82) is 0 Å². The number of hydrogen-bond acceptors (Lipinski definition) is 2. The van der Waals surface area contributed by atoms with Gasteiger partial charge in [0, 0.05) is 31.1 Å². The van der Waals surface area contributed by atoms with Crippen molar-refractivity contribution in [2.24, 2.45) is 11.8 Å². The highest BCUT2D eigenvalue weighted by molar-refractivity contribution is 5.81. The maximum absolute atomic E-state index is 12.0. The normalized spacial score (nSPS) is 27.3. The van der Waals surface area contributed by atoms with Gasteiger partial charge in [0.15, 0.2) is 0 Å². The van der Waals surface area contributed by atoms with Crippen LogP contribution in [0.1, 0.15) is 51.9 Å². The van der Waals surface area contributed by atoms with Crippen molar-refractivity contribution in [2.75, 3.05) is 13.1 Å². The maximum atomic E-state index is 12.0. The summed E-state index contributed by atoms with van der Waals surface area (Å²) < 4.78 is 0. The van der Waals surface area contributed by atoms with E-state index in [1.54, 1.807) is 0 Å². The molecule has 1 saturated heterocycles. The molecule has 102 valence electrons. The van der Waals surface area contributed by atoms with Crippen LogP contribution in [-0.2, 0) is 4.79 Å². The summed E-state index contributed by atoms with van der Waals surface area (Å²) >= 11 is 0. The first-order valence-corrected chi connectivity index (χ1v) is 7.82. The molecule has 0 aromatic carbocycles. The Morgan fingerprint density at radius 2 is 1.83 bits per heavy atom. The third kappa shape index (κ3) is 2.87. The number of carbonyl (C=O) groups is 1.